The van der Waals surface area contributed by atoms with Crippen LogP contribution in [-0.4, -0.2) is 23.0 Å². The molecule has 0 aromatic heterocycles. The van der Waals surface area contributed by atoms with Crippen molar-refractivity contribution >= 4 is 17.9 Å². The molecule has 8 heteroatoms. The van der Waals surface area contributed by atoms with Crippen molar-refractivity contribution in [2.45, 2.75) is 303 Å². The van der Waals surface area contributed by atoms with Crippen molar-refractivity contribution in [3.63, 3.8) is 0 Å². The summed E-state index contributed by atoms with van der Waals surface area (Å²) in [5, 5.41) is 28.9. The number of carboxylic acids is 3. The second-order valence-corrected chi connectivity index (χ2v) is 16.8. The van der Waals surface area contributed by atoms with Gasteiger partial charge in [-0.15, -0.1) is 0 Å². The Balaban J connectivity index is -0.000000240. The third kappa shape index (κ3) is 77.6. The van der Waals surface area contributed by atoms with Gasteiger partial charge in [0.25, 0.3) is 0 Å². The maximum Gasteiger partial charge on any atom is 1.00 e. The number of carboxylic acid groups (broad SMARTS) is 3. The molecule has 0 rings (SSSR count). The zero-order valence-electron chi connectivity index (χ0n) is 40.1. The molecule has 0 atom stereocenters. The zero-order valence-corrected chi connectivity index (χ0v) is 45.2. The largest absolute Gasteiger partial charge is 1.00 e. The Morgan fingerprint density at radius 3 is 0.569 bits per heavy atom. The molecule has 0 aliphatic carbocycles. The van der Waals surface area contributed by atoms with Crippen LogP contribution in [0.3, 0.4) is 0 Å². The molecular formula is C50H98KNaO6. The molecule has 0 spiro atoms. The van der Waals surface area contributed by atoms with Crippen molar-refractivity contribution < 1.29 is 111 Å². The summed E-state index contributed by atoms with van der Waals surface area (Å²) in [5.41, 5.74) is 0. The topological polar surface area (TPSA) is 118 Å². The molecule has 0 aromatic rings. The summed E-state index contributed by atoms with van der Waals surface area (Å²) in [6.45, 7) is 6.78. The zero-order chi connectivity index (χ0) is 41.8. The van der Waals surface area contributed by atoms with Crippen molar-refractivity contribution in [1.29, 1.82) is 0 Å². The van der Waals surface area contributed by atoms with Gasteiger partial charge in [0.15, 0.2) is 0 Å². The quantitative estimate of drug-likeness (QED) is 0.0484. The van der Waals surface area contributed by atoms with Gasteiger partial charge in [-0.25, -0.2) is 0 Å². The SMILES string of the molecule is CCCCCCCCCCCCCC(=O)O.CCCCCCCCCCCCCCCCCC(=O)[O-].CCCCCCCCCCCCCCCCCC(=O)[O-].[K+].[Na+]. The standard InChI is InChI=1S/2C18H36O2.C14H28O2.K.Na/c2*1-2-3-4-5-6-7-8-9-10-11-12-13-14-15-16-17-18(19)20;1-2-3-4-5-6-7-8-9-10-11-12-13-14(15)16;;/h2*2-17H2,1H3,(H,19,20);2-13H2,1H3,(H,15,16);;/q;;;2*+1/p-2. The molecule has 6 nitrogen and oxygen atoms in total. The summed E-state index contributed by atoms with van der Waals surface area (Å²) in [7, 11) is 0. The maximum atomic E-state index is 10.3. The van der Waals surface area contributed by atoms with Crippen molar-refractivity contribution in [2.75, 3.05) is 0 Å². The van der Waals surface area contributed by atoms with E-state index in [4.69, 9.17) is 5.11 Å². The number of hydrogen-bond donors (Lipinski definition) is 1. The first-order valence-corrected chi connectivity index (χ1v) is 24.9. The molecular weight excluding hydrogens is 759 g/mol. The minimum atomic E-state index is -0.903. The van der Waals surface area contributed by atoms with E-state index in [2.05, 4.69) is 20.8 Å². The molecule has 0 heterocycles. The molecule has 0 amide bonds. The van der Waals surface area contributed by atoms with E-state index < -0.39 is 17.9 Å². The van der Waals surface area contributed by atoms with Crippen LogP contribution in [-0.2, 0) is 14.4 Å². The Morgan fingerprint density at radius 1 is 0.293 bits per heavy atom. The van der Waals surface area contributed by atoms with E-state index in [1.54, 1.807) is 0 Å². The fourth-order valence-corrected chi connectivity index (χ4v) is 7.22. The number of unbranched alkanes of at least 4 members (excludes halogenated alkanes) is 38. The second kappa shape index (κ2) is 64.7. The fraction of sp³-hybridized carbons (Fsp3) is 0.940. The first-order chi connectivity index (χ1) is 27.3. The summed E-state index contributed by atoms with van der Waals surface area (Å²) < 4.78 is 0. The monoisotopic (exact) mass is 857 g/mol. The molecule has 0 saturated heterocycles. The van der Waals surface area contributed by atoms with Gasteiger partial charge in [0.2, 0.25) is 0 Å². The Kier molecular flexibility index (Phi) is 75.9. The van der Waals surface area contributed by atoms with E-state index in [9.17, 15) is 24.6 Å². The van der Waals surface area contributed by atoms with Gasteiger partial charge in [0, 0.05) is 18.4 Å². The van der Waals surface area contributed by atoms with Gasteiger partial charge in [-0.1, -0.05) is 265 Å². The molecule has 0 bridgehead atoms. The molecule has 0 radical (unpaired) electrons. The van der Waals surface area contributed by atoms with Crippen LogP contribution >= 0.6 is 0 Å². The molecule has 0 aliphatic heterocycles. The van der Waals surface area contributed by atoms with Crippen LogP contribution in [0.5, 0.6) is 0 Å². The van der Waals surface area contributed by atoms with E-state index >= 15 is 0 Å². The molecule has 58 heavy (non-hydrogen) atoms. The van der Waals surface area contributed by atoms with Crippen molar-refractivity contribution in [3.8, 4) is 0 Å². The summed E-state index contributed by atoms with van der Waals surface area (Å²) in [6, 6.07) is 0. The normalized spacial score (nSPS) is 10.4. The number of carbonyl (C=O) groups excluding carboxylic acids is 2. The molecule has 0 saturated carbocycles. The van der Waals surface area contributed by atoms with Gasteiger partial charge in [0.05, 0.1) is 0 Å². The molecule has 0 aromatic carbocycles. The minimum absolute atomic E-state index is 0. The Labute approximate surface area is 427 Å². The first kappa shape index (κ1) is 68.1. The third-order valence-electron chi connectivity index (χ3n) is 11.0. The van der Waals surface area contributed by atoms with Crippen LogP contribution in [0, 0.1) is 0 Å². The fourth-order valence-electron chi connectivity index (χ4n) is 7.22. The van der Waals surface area contributed by atoms with Crippen LogP contribution in [0.25, 0.3) is 0 Å². The number of aliphatic carboxylic acids is 3. The predicted molar refractivity (Wildman–Crippen MR) is 238 cm³/mol. The van der Waals surface area contributed by atoms with E-state index in [0.29, 0.717) is 6.42 Å². The van der Waals surface area contributed by atoms with Gasteiger partial charge in [-0.2, -0.15) is 0 Å². The number of rotatable bonds is 44. The molecule has 336 valence electrons. The molecule has 0 fully saturated rings. The summed E-state index contributed by atoms with van der Waals surface area (Å²) in [5.74, 6) is -2.46. The van der Waals surface area contributed by atoms with Crippen molar-refractivity contribution in [2.24, 2.45) is 0 Å². The molecule has 0 unspecified atom stereocenters. The Bertz CT molecular complexity index is 724. The predicted octanol–water partition coefficient (Wildman–Crippen LogP) is 8.78. The van der Waals surface area contributed by atoms with Crippen LogP contribution in [0.2, 0.25) is 0 Å². The first-order valence-electron chi connectivity index (χ1n) is 24.9. The number of carbonyl (C=O) groups is 3. The third-order valence-corrected chi connectivity index (χ3v) is 11.0. The van der Waals surface area contributed by atoms with Crippen LogP contribution in [0.15, 0.2) is 0 Å². The van der Waals surface area contributed by atoms with Crippen LogP contribution in [0.1, 0.15) is 303 Å². The second-order valence-electron chi connectivity index (χ2n) is 16.8. The van der Waals surface area contributed by atoms with Gasteiger partial charge < -0.3 is 24.9 Å². The van der Waals surface area contributed by atoms with Crippen LogP contribution in [0.4, 0.5) is 0 Å². The van der Waals surface area contributed by atoms with Gasteiger partial charge >= 0.3 is 86.9 Å². The van der Waals surface area contributed by atoms with E-state index in [1.165, 1.54) is 225 Å². The van der Waals surface area contributed by atoms with E-state index in [-0.39, 0.29) is 93.8 Å². The summed E-state index contributed by atoms with van der Waals surface area (Å²) in [4.78, 5) is 30.7. The molecule has 0 aliphatic rings. The molecule has 1 N–H and O–H groups in total. The van der Waals surface area contributed by atoms with E-state index in [1.807, 2.05) is 0 Å². The minimum Gasteiger partial charge on any atom is -0.550 e. The van der Waals surface area contributed by atoms with Gasteiger partial charge in [-0.3, -0.25) is 4.79 Å². The Morgan fingerprint density at radius 2 is 0.431 bits per heavy atom. The smallest absolute Gasteiger partial charge is 0.550 e. The van der Waals surface area contributed by atoms with Crippen LogP contribution < -0.4 is 91.2 Å². The number of hydrogen-bond acceptors (Lipinski definition) is 5. The van der Waals surface area contributed by atoms with Crippen molar-refractivity contribution in [1.82, 2.24) is 0 Å². The Hall–Kier alpha value is 1.05. The average Bonchev–Trinajstić information content (AvgIpc) is 3.17. The van der Waals surface area contributed by atoms with E-state index in [0.717, 1.165) is 38.5 Å². The van der Waals surface area contributed by atoms with Crippen molar-refractivity contribution in [3.05, 3.63) is 0 Å². The van der Waals surface area contributed by atoms with Gasteiger partial charge in [0.1, 0.15) is 0 Å². The summed E-state index contributed by atoms with van der Waals surface area (Å²) >= 11 is 0. The maximum absolute atomic E-state index is 10.3. The average molecular weight is 857 g/mol. The van der Waals surface area contributed by atoms with Gasteiger partial charge in [-0.05, 0) is 32.1 Å². The summed E-state index contributed by atoms with van der Waals surface area (Å²) in [6.07, 6.45) is 54.1.